The molecule has 0 fully saturated rings. The van der Waals surface area contributed by atoms with Gasteiger partial charge in [-0.2, -0.15) is 0 Å². The Morgan fingerprint density at radius 1 is 0.875 bits per heavy atom. The van der Waals surface area contributed by atoms with Gasteiger partial charge in [-0.15, -0.1) is 0 Å². The lowest BCUT2D eigenvalue weighted by atomic mass is 9.87. The van der Waals surface area contributed by atoms with E-state index in [1.165, 1.54) is 18.2 Å². The van der Waals surface area contributed by atoms with E-state index in [4.69, 9.17) is 0 Å². The van der Waals surface area contributed by atoms with Crippen LogP contribution >= 0.6 is 0 Å². The number of hydrogen-bond donors (Lipinski definition) is 0. The maximum absolute atomic E-state index is 4.12. The van der Waals surface area contributed by atoms with Crippen molar-refractivity contribution in [3.05, 3.63) is 42.5 Å². The molecule has 0 amide bonds. The zero-order chi connectivity index (χ0) is 11.6. The lowest BCUT2D eigenvalue weighted by molar-refractivity contribution is 0.590. The van der Waals surface area contributed by atoms with Crippen molar-refractivity contribution in [2.75, 3.05) is 0 Å². The third-order valence-electron chi connectivity index (χ3n) is 2.50. The van der Waals surface area contributed by atoms with Crippen molar-refractivity contribution < 1.29 is 0 Å². The van der Waals surface area contributed by atoms with E-state index in [9.17, 15) is 0 Å². The molecule has 82 valence electrons. The van der Waals surface area contributed by atoms with E-state index in [1.54, 1.807) is 0 Å². The molecule has 0 N–H and O–H groups in total. The topological polar surface area (TPSA) is 38.7 Å². The van der Waals surface area contributed by atoms with Crippen molar-refractivity contribution in [2.24, 2.45) is 0 Å². The summed E-state index contributed by atoms with van der Waals surface area (Å²) >= 11 is 0. The first-order chi connectivity index (χ1) is 7.57. The van der Waals surface area contributed by atoms with Gasteiger partial charge in [-0.25, -0.2) is 15.0 Å². The highest BCUT2D eigenvalue weighted by Gasteiger charge is 2.13. The van der Waals surface area contributed by atoms with Crippen LogP contribution in [-0.4, -0.2) is 15.0 Å². The second kappa shape index (κ2) is 4.00. The molecule has 0 atom stereocenters. The summed E-state index contributed by atoms with van der Waals surface area (Å²) in [4.78, 5) is 12.0. The second-order valence-corrected chi connectivity index (χ2v) is 4.79. The molecule has 0 aliphatic carbocycles. The smallest absolute Gasteiger partial charge is 0.162 e. The first-order valence-corrected chi connectivity index (χ1v) is 5.30. The van der Waals surface area contributed by atoms with Gasteiger partial charge in [0.1, 0.15) is 12.7 Å². The van der Waals surface area contributed by atoms with Crippen molar-refractivity contribution >= 4 is 0 Å². The van der Waals surface area contributed by atoms with Crippen molar-refractivity contribution in [2.45, 2.75) is 26.2 Å². The Bertz CT molecular complexity index is 455. The van der Waals surface area contributed by atoms with Crippen molar-refractivity contribution in [3.8, 4) is 11.4 Å². The van der Waals surface area contributed by atoms with Gasteiger partial charge in [0, 0.05) is 5.56 Å². The van der Waals surface area contributed by atoms with E-state index in [0.717, 1.165) is 11.4 Å². The van der Waals surface area contributed by atoms with Crippen LogP contribution in [0.1, 0.15) is 26.3 Å². The summed E-state index contributed by atoms with van der Waals surface area (Å²) in [7, 11) is 0. The van der Waals surface area contributed by atoms with E-state index in [0.29, 0.717) is 0 Å². The maximum Gasteiger partial charge on any atom is 0.162 e. The Kier molecular flexibility index (Phi) is 2.69. The maximum atomic E-state index is 4.12. The van der Waals surface area contributed by atoms with Crippen LogP contribution in [0.5, 0.6) is 0 Å². The fraction of sp³-hybridized carbons (Fsp3) is 0.308. The molecule has 2 aromatic rings. The molecular weight excluding hydrogens is 198 g/mol. The number of aromatic nitrogens is 3. The van der Waals surface area contributed by atoms with Crippen LogP contribution in [-0.2, 0) is 5.41 Å². The highest BCUT2D eigenvalue weighted by atomic mass is 15.0. The minimum absolute atomic E-state index is 0.178. The molecule has 1 aromatic carbocycles. The standard InChI is InChI=1S/C13H15N3/c1-13(2,3)11-6-4-10(5-7-11)12-15-8-14-9-16-12/h4-9H,1-3H3. The van der Waals surface area contributed by atoms with Crippen molar-refractivity contribution in [1.82, 2.24) is 15.0 Å². The average molecular weight is 213 g/mol. The van der Waals surface area contributed by atoms with Crippen LogP contribution in [0.4, 0.5) is 0 Å². The number of hydrogen-bond acceptors (Lipinski definition) is 3. The number of nitrogens with zero attached hydrogens (tertiary/aromatic N) is 3. The second-order valence-electron chi connectivity index (χ2n) is 4.79. The molecule has 0 aliphatic heterocycles. The van der Waals surface area contributed by atoms with E-state index in [1.807, 2.05) is 0 Å². The van der Waals surface area contributed by atoms with Gasteiger partial charge in [-0.3, -0.25) is 0 Å². The number of benzene rings is 1. The molecule has 1 heterocycles. The Hall–Kier alpha value is -1.77. The molecule has 0 aliphatic rings. The molecule has 0 saturated heterocycles. The molecule has 3 heteroatoms. The molecule has 0 unspecified atom stereocenters. The van der Waals surface area contributed by atoms with Gasteiger partial charge >= 0.3 is 0 Å². The fourth-order valence-corrected chi connectivity index (χ4v) is 1.51. The summed E-state index contributed by atoms with van der Waals surface area (Å²) in [5.41, 5.74) is 2.51. The predicted molar refractivity (Wildman–Crippen MR) is 64.0 cm³/mol. The zero-order valence-corrected chi connectivity index (χ0v) is 9.81. The number of rotatable bonds is 1. The van der Waals surface area contributed by atoms with Crippen LogP contribution < -0.4 is 0 Å². The Balaban J connectivity index is 2.34. The summed E-state index contributed by atoms with van der Waals surface area (Å²) < 4.78 is 0. The third-order valence-corrected chi connectivity index (χ3v) is 2.50. The van der Waals surface area contributed by atoms with Gasteiger partial charge in [0.15, 0.2) is 5.82 Å². The Morgan fingerprint density at radius 2 is 1.44 bits per heavy atom. The lowest BCUT2D eigenvalue weighted by Crippen LogP contribution is -2.10. The summed E-state index contributed by atoms with van der Waals surface area (Å²) in [5, 5.41) is 0. The van der Waals surface area contributed by atoms with Crippen LogP contribution in [0.15, 0.2) is 36.9 Å². The highest BCUT2D eigenvalue weighted by molar-refractivity contribution is 5.55. The summed E-state index contributed by atoms with van der Waals surface area (Å²) in [6.07, 6.45) is 3.03. The van der Waals surface area contributed by atoms with Gasteiger partial charge in [-0.1, -0.05) is 45.0 Å². The molecule has 3 nitrogen and oxygen atoms in total. The molecular formula is C13H15N3. The average Bonchev–Trinajstić information content (AvgIpc) is 2.29. The van der Waals surface area contributed by atoms with E-state index in [2.05, 4.69) is 60.0 Å². The lowest BCUT2D eigenvalue weighted by Gasteiger charge is -2.18. The quantitative estimate of drug-likeness (QED) is 0.731. The minimum Gasteiger partial charge on any atom is -0.225 e. The largest absolute Gasteiger partial charge is 0.225 e. The molecule has 0 spiro atoms. The van der Waals surface area contributed by atoms with E-state index < -0.39 is 0 Å². The molecule has 0 bridgehead atoms. The summed E-state index contributed by atoms with van der Waals surface area (Å²) in [6, 6.07) is 8.35. The van der Waals surface area contributed by atoms with Crippen molar-refractivity contribution in [3.63, 3.8) is 0 Å². The van der Waals surface area contributed by atoms with Gasteiger partial charge in [0.2, 0.25) is 0 Å². The Labute approximate surface area is 95.6 Å². The normalized spacial score (nSPS) is 11.4. The monoisotopic (exact) mass is 213 g/mol. The highest BCUT2D eigenvalue weighted by Crippen LogP contribution is 2.24. The summed E-state index contributed by atoms with van der Waals surface area (Å²) in [5.74, 6) is 0.718. The first kappa shape index (κ1) is 10.7. The molecule has 0 saturated carbocycles. The third kappa shape index (κ3) is 2.24. The van der Waals surface area contributed by atoms with Gasteiger partial charge in [0.05, 0.1) is 0 Å². The predicted octanol–water partition coefficient (Wildman–Crippen LogP) is 2.84. The molecule has 2 rings (SSSR count). The minimum atomic E-state index is 0.178. The zero-order valence-electron chi connectivity index (χ0n) is 9.81. The molecule has 1 aromatic heterocycles. The molecule has 0 radical (unpaired) electrons. The van der Waals surface area contributed by atoms with Crippen LogP contribution in [0, 0.1) is 0 Å². The SMILES string of the molecule is CC(C)(C)c1ccc(-c2ncncn2)cc1. The van der Waals surface area contributed by atoms with E-state index in [-0.39, 0.29) is 5.41 Å². The Morgan fingerprint density at radius 3 is 1.94 bits per heavy atom. The first-order valence-electron chi connectivity index (χ1n) is 5.30. The van der Waals surface area contributed by atoms with Crippen LogP contribution in [0.25, 0.3) is 11.4 Å². The van der Waals surface area contributed by atoms with Gasteiger partial charge in [-0.05, 0) is 11.0 Å². The summed E-state index contributed by atoms with van der Waals surface area (Å²) in [6.45, 7) is 6.60. The van der Waals surface area contributed by atoms with Crippen molar-refractivity contribution in [1.29, 1.82) is 0 Å². The van der Waals surface area contributed by atoms with Crippen LogP contribution in [0.2, 0.25) is 0 Å². The van der Waals surface area contributed by atoms with Crippen LogP contribution in [0.3, 0.4) is 0 Å². The van der Waals surface area contributed by atoms with Gasteiger partial charge < -0.3 is 0 Å². The van der Waals surface area contributed by atoms with E-state index >= 15 is 0 Å². The fourth-order valence-electron chi connectivity index (χ4n) is 1.51. The van der Waals surface area contributed by atoms with Gasteiger partial charge in [0.25, 0.3) is 0 Å². The molecule has 16 heavy (non-hydrogen) atoms.